The van der Waals surface area contributed by atoms with E-state index in [1.165, 1.54) is 0 Å². The lowest BCUT2D eigenvalue weighted by atomic mass is 10.0. The minimum Gasteiger partial charge on any atom is -0.360 e. The van der Waals surface area contributed by atoms with Crippen LogP contribution in [0.25, 0.3) is 0 Å². The first-order valence-electron chi connectivity index (χ1n) is 8.82. The first-order valence-corrected chi connectivity index (χ1v) is 8.82. The molecule has 1 aliphatic carbocycles. The second-order valence-electron chi connectivity index (χ2n) is 6.79. The fourth-order valence-electron chi connectivity index (χ4n) is 3.21. The molecular formula is C19H21N3O3. The highest BCUT2D eigenvalue weighted by Crippen LogP contribution is 2.40. The van der Waals surface area contributed by atoms with E-state index < -0.39 is 0 Å². The van der Waals surface area contributed by atoms with Crippen LogP contribution < -0.4 is 5.32 Å². The second kappa shape index (κ2) is 6.70. The molecule has 2 aromatic rings. The van der Waals surface area contributed by atoms with Gasteiger partial charge in [0.25, 0.3) is 11.8 Å². The average Bonchev–Trinajstić information content (AvgIpc) is 3.39. The van der Waals surface area contributed by atoms with Crippen molar-refractivity contribution in [1.29, 1.82) is 0 Å². The van der Waals surface area contributed by atoms with E-state index in [1.807, 2.05) is 35.2 Å². The smallest absolute Gasteiger partial charge is 0.273 e. The molecule has 2 amide bonds. The summed E-state index contributed by atoms with van der Waals surface area (Å²) >= 11 is 0. The van der Waals surface area contributed by atoms with Crippen LogP contribution in [0.4, 0.5) is 0 Å². The maximum absolute atomic E-state index is 12.4. The molecule has 0 radical (unpaired) electrons. The Kier molecular flexibility index (Phi) is 4.26. The molecule has 1 aliphatic heterocycles. The largest absolute Gasteiger partial charge is 0.360 e. The average molecular weight is 339 g/mol. The van der Waals surface area contributed by atoms with Crippen molar-refractivity contribution < 1.29 is 14.1 Å². The molecule has 1 N–H and O–H groups in total. The summed E-state index contributed by atoms with van der Waals surface area (Å²) in [5.74, 6) is 1.12. The first kappa shape index (κ1) is 15.9. The molecule has 2 aliphatic rings. The van der Waals surface area contributed by atoms with Crippen LogP contribution in [0.3, 0.4) is 0 Å². The maximum Gasteiger partial charge on any atom is 0.273 e. The van der Waals surface area contributed by atoms with Gasteiger partial charge >= 0.3 is 0 Å². The Morgan fingerprint density at radius 1 is 1.08 bits per heavy atom. The third-order valence-corrected chi connectivity index (χ3v) is 4.88. The number of carbonyl (C=O) groups is 2. The van der Waals surface area contributed by atoms with Gasteiger partial charge in [0, 0.05) is 36.7 Å². The lowest BCUT2D eigenvalue weighted by Gasteiger charge is -2.32. The number of likely N-dealkylation sites (tertiary alicyclic amines) is 1. The third kappa shape index (κ3) is 3.57. The molecule has 0 atom stereocenters. The number of nitrogens with zero attached hydrogens (tertiary/aromatic N) is 2. The van der Waals surface area contributed by atoms with Crippen LogP contribution in [-0.2, 0) is 0 Å². The van der Waals surface area contributed by atoms with Gasteiger partial charge in [-0.2, -0.15) is 0 Å². The third-order valence-electron chi connectivity index (χ3n) is 4.88. The molecule has 1 aromatic heterocycles. The predicted molar refractivity (Wildman–Crippen MR) is 91.3 cm³/mol. The molecule has 1 saturated carbocycles. The number of nitrogens with one attached hydrogen (secondary N) is 1. The minimum absolute atomic E-state index is 0.0518. The van der Waals surface area contributed by atoms with E-state index >= 15 is 0 Å². The van der Waals surface area contributed by atoms with Gasteiger partial charge in [0.2, 0.25) is 0 Å². The van der Waals surface area contributed by atoms with Gasteiger partial charge in [-0.1, -0.05) is 23.4 Å². The van der Waals surface area contributed by atoms with Crippen molar-refractivity contribution in [2.45, 2.75) is 37.6 Å². The van der Waals surface area contributed by atoms with E-state index in [4.69, 9.17) is 4.52 Å². The van der Waals surface area contributed by atoms with Gasteiger partial charge in [-0.25, -0.2) is 0 Å². The fourth-order valence-corrected chi connectivity index (χ4v) is 3.21. The number of amides is 2. The van der Waals surface area contributed by atoms with Gasteiger partial charge < -0.3 is 14.7 Å². The Bertz CT molecular complexity index is 759. The summed E-state index contributed by atoms with van der Waals surface area (Å²) in [7, 11) is 0. The number of aromatic nitrogens is 1. The monoisotopic (exact) mass is 339 g/mol. The molecule has 2 heterocycles. The molecule has 6 heteroatoms. The van der Waals surface area contributed by atoms with E-state index in [2.05, 4.69) is 10.5 Å². The molecule has 1 saturated heterocycles. The van der Waals surface area contributed by atoms with E-state index in [0.29, 0.717) is 30.3 Å². The van der Waals surface area contributed by atoms with Gasteiger partial charge in [0.15, 0.2) is 5.69 Å². The summed E-state index contributed by atoms with van der Waals surface area (Å²) in [6, 6.07) is 11.1. The molecule has 130 valence electrons. The quantitative estimate of drug-likeness (QED) is 0.929. The minimum atomic E-state index is -0.191. The van der Waals surface area contributed by atoms with Crippen LogP contribution in [0.1, 0.15) is 58.2 Å². The molecule has 6 nitrogen and oxygen atoms in total. The maximum atomic E-state index is 12.4. The Hall–Kier alpha value is -2.63. The standard InChI is InChI=1S/C19H21N3O3/c23-18(16-12-17(25-21-16)13-6-7-13)20-15-8-10-22(11-9-15)19(24)14-4-2-1-3-5-14/h1-5,12-13,15H,6-11H2,(H,20,23). The van der Waals surface area contributed by atoms with Crippen molar-refractivity contribution in [1.82, 2.24) is 15.4 Å². The van der Waals surface area contributed by atoms with Crippen LogP contribution in [0, 0.1) is 0 Å². The summed E-state index contributed by atoms with van der Waals surface area (Å²) in [5.41, 5.74) is 1.06. The van der Waals surface area contributed by atoms with Crippen molar-refractivity contribution >= 4 is 11.8 Å². The van der Waals surface area contributed by atoms with E-state index in [1.54, 1.807) is 6.07 Å². The van der Waals surface area contributed by atoms with Crippen LogP contribution in [0.2, 0.25) is 0 Å². The molecule has 0 unspecified atom stereocenters. The molecule has 4 rings (SSSR count). The highest BCUT2D eigenvalue weighted by molar-refractivity contribution is 5.94. The van der Waals surface area contributed by atoms with Crippen molar-refractivity contribution in [2.24, 2.45) is 0 Å². The van der Waals surface area contributed by atoms with Gasteiger partial charge in [-0.15, -0.1) is 0 Å². The van der Waals surface area contributed by atoms with Crippen LogP contribution in [0.5, 0.6) is 0 Å². The molecule has 0 bridgehead atoms. The summed E-state index contributed by atoms with van der Waals surface area (Å²) in [6.07, 6.45) is 3.73. The number of rotatable bonds is 4. The van der Waals surface area contributed by atoms with Crippen molar-refractivity contribution in [3.8, 4) is 0 Å². The lowest BCUT2D eigenvalue weighted by Crippen LogP contribution is -2.46. The highest BCUT2D eigenvalue weighted by atomic mass is 16.5. The van der Waals surface area contributed by atoms with E-state index in [-0.39, 0.29) is 17.9 Å². The Balaban J connectivity index is 1.29. The van der Waals surface area contributed by atoms with Gasteiger partial charge in [0.05, 0.1) is 0 Å². The zero-order valence-electron chi connectivity index (χ0n) is 14.0. The summed E-state index contributed by atoms with van der Waals surface area (Å²) in [5, 5.41) is 6.88. The van der Waals surface area contributed by atoms with Crippen molar-refractivity contribution in [2.75, 3.05) is 13.1 Å². The highest BCUT2D eigenvalue weighted by Gasteiger charge is 2.30. The van der Waals surface area contributed by atoms with Crippen molar-refractivity contribution in [3.63, 3.8) is 0 Å². The number of piperidine rings is 1. The zero-order chi connectivity index (χ0) is 17.2. The summed E-state index contributed by atoms with van der Waals surface area (Å²) in [6.45, 7) is 1.29. The van der Waals surface area contributed by atoms with Gasteiger partial charge in [-0.3, -0.25) is 9.59 Å². The van der Waals surface area contributed by atoms with Crippen LogP contribution in [-0.4, -0.2) is 41.0 Å². The zero-order valence-corrected chi connectivity index (χ0v) is 14.0. The number of carbonyl (C=O) groups excluding carboxylic acids is 2. The predicted octanol–water partition coefficient (Wildman–Crippen LogP) is 2.59. The molecule has 0 spiro atoms. The topological polar surface area (TPSA) is 75.4 Å². The lowest BCUT2D eigenvalue weighted by molar-refractivity contribution is 0.0697. The second-order valence-corrected chi connectivity index (χ2v) is 6.79. The first-order chi connectivity index (χ1) is 12.2. The Labute approximate surface area is 146 Å². The van der Waals surface area contributed by atoms with Crippen molar-refractivity contribution in [3.05, 3.63) is 53.4 Å². The molecule has 25 heavy (non-hydrogen) atoms. The number of hydrogen-bond donors (Lipinski definition) is 1. The van der Waals surface area contributed by atoms with Gasteiger partial charge in [-0.05, 0) is 37.8 Å². The Morgan fingerprint density at radius 3 is 2.48 bits per heavy atom. The van der Waals surface area contributed by atoms with E-state index in [9.17, 15) is 9.59 Å². The van der Waals surface area contributed by atoms with Crippen LogP contribution >= 0.6 is 0 Å². The molecular weight excluding hydrogens is 318 g/mol. The number of benzene rings is 1. The Morgan fingerprint density at radius 2 is 1.80 bits per heavy atom. The molecule has 2 fully saturated rings. The van der Waals surface area contributed by atoms with Crippen LogP contribution in [0.15, 0.2) is 40.9 Å². The van der Waals surface area contributed by atoms with Gasteiger partial charge in [0.1, 0.15) is 5.76 Å². The fraction of sp³-hybridized carbons (Fsp3) is 0.421. The number of hydrogen-bond acceptors (Lipinski definition) is 4. The summed E-state index contributed by atoms with van der Waals surface area (Å²) < 4.78 is 5.23. The SMILES string of the molecule is O=C(NC1CCN(C(=O)c2ccccc2)CC1)c1cc(C2CC2)on1. The summed E-state index contributed by atoms with van der Waals surface area (Å²) in [4.78, 5) is 26.6. The molecule has 1 aromatic carbocycles. The van der Waals surface area contributed by atoms with E-state index in [0.717, 1.165) is 31.4 Å². The normalized spacial score (nSPS) is 18.2.